The van der Waals surface area contributed by atoms with E-state index in [1.165, 1.54) is 5.56 Å². The summed E-state index contributed by atoms with van der Waals surface area (Å²) in [5.74, 6) is 0.113. The van der Waals surface area contributed by atoms with Crippen LogP contribution in [0.5, 0.6) is 0 Å². The van der Waals surface area contributed by atoms with Gasteiger partial charge in [-0.2, -0.15) is 0 Å². The molecule has 0 heterocycles. The van der Waals surface area contributed by atoms with Gasteiger partial charge >= 0.3 is 0 Å². The molecule has 3 aromatic rings. The fourth-order valence-corrected chi connectivity index (χ4v) is 3.37. The fraction of sp³-hybridized carbons (Fsp3) is 0.240. The van der Waals surface area contributed by atoms with Crippen molar-refractivity contribution in [2.24, 2.45) is 0 Å². The number of carbonyl (C=O) groups is 1. The lowest BCUT2D eigenvalue weighted by Gasteiger charge is -2.23. The van der Waals surface area contributed by atoms with Crippen LogP contribution in [0.15, 0.2) is 84.9 Å². The van der Waals surface area contributed by atoms with Crippen LogP contribution in [0.1, 0.15) is 47.4 Å². The summed E-state index contributed by atoms with van der Waals surface area (Å²) in [6, 6.07) is 27.4. The first kappa shape index (κ1) is 20.3. The van der Waals surface area contributed by atoms with Crippen LogP contribution in [-0.4, -0.2) is 11.9 Å². The van der Waals surface area contributed by atoms with Gasteiger partial charge in [-0.3, -0.25) is 4.79 Å². The number of Topliss-reactive ketones (excluding diaryl/α,β-unsaturated/α-hetero) is 1. The Labute approximate surface area is 172 Å². The Morgan fingerprint density at radius 3 is 2.14 bits per heavy atom. The maximum atomic E-state index is 12.7. The third kappa shape index (κ3) is 6.05. The van der Waals surface area contributed by atoms with Gasteiger partial charge in [0.1, 0.15) is 0 Å². The molecule has 0 aromatic heterocycles. The van der Waals surface area contributed by atoms with Crippen molar-refractivity contribution < 1.29 is 9.53 Å². The minimum absolute atomic E-state index is 0.110. The molecule has 3 aromatic carbocycles. The standard InChI is InChI=1S/C25H25ClO2/c1-19(21-13-15-23(26)16-14-21)28-24(17-12-20-8-4-2-5-9-20)18-25(27)22-10-6-3-7-11-22/h2-11,13-16,19,24H,12,17-18H2,1H3/t19-,24+/m1/s1. The lowest BCUT2D eigenvalue weighted by atomic mass is 9.99. The first-order chi connectivity index (χ1) is 13.6. The molecule has 0 aliphatic carbocycles. The SMILES string of the molecule is C[C@@H](O[C@@H](CCc1ccccc1)CC(=O)c1ccccc1)c1ccc(Cl)cc1. The maximum Gasteiger partial charge on any atom is 0.165 e. The van der Waals surface area contributed by atoms with Gasteiger partial charge in [0.2, 0.25) is 0 Å². The van der Waals surface area contributed by atoms with Crippen LogP contribution < -0.4 is 0 Å². The quantitative estimate of drug-likeness (QED) is 0.379. The summed E-state index contributed by atoms with van der Waals surface area (Å²) >= 11 is 5.99. The smallest absolute Gasteiger partial charge is 0.165 e. The lowest BCUT2D eigenvalue weighted by molar-refractivity contribution is -0.00920. The first-order valence-corrected chi connectivity index (χ1v) is 10.0. The van der Waals surface area contributed by atoms with Crippen molar-refractivity contribution in [2.45, 2.75) is 38.4 Å². The molecule has 0 fully saturated rings. The topological polar surface area (TPSA) is 26.3 Å². The van der Waals surface area contributed by atoms with Crippen LogP contribution in [0, 0.1) is 0 Å². The Hall–Kier alpha value is -2.42. The van der Waals surface area contributed by atoms with Crippen LogP contribution in [0.4, 0.5) is 0 Å². The van der Waals surface area contributed by atoms with Gasteiger partial charge in [-0.05, 0) is 43.0 Å². The molecular formula is C25H25ClO2. The number of hydrogen-bond donors (Lipinski definition) is 0. The van der Waals surface area contributed by atoms with E-state index in [9.17, 15) is 4.79 Å². The maximum absolute atomic E-state index is 12.7. The summed E-state index contributed by atoms with van der Waals surface area (Å²) in [6.45, 7) is 2.02. The molecule has 0 saturated heterocycles. The summed E-state index contributed by atoms with van der Waals surface area (Å²) < 4.78 is 6.33. The van der Waals surface area contributed by atoms with E-state index in [2.05, 4.69) is 12.1 Å². The van der Waals surface area contributed by atoms with E-state index >= 15 is 0 Å². The summed E-state index contributed by atoms with van der Waals surface area (Å²) in [5, 5.41) is 0.704. The number of carbonyl (C=O) groups excluding carboxylic acids is 1. The van der Waals surface area contributed by atoms with Gasteiger partial charge in [-0.1, -0.05) is 84.4 Å². The number of rotatable bonds is 9. The zero-order valence-corrected chi connectivity index (χ0v) is 16.8. The number of halogens is 1. The molecule has 0 radical (unpaired) electrons. The van der Waals surface area contributed by atoms with Gasteiger partial charge in [-0.15, -0.1) is 0 Å². The van der Waals surface area contributed by atoms with Crippen molar-refractivity contribution >= 4 is 17.4 Å². The van der Waals surface area contributed by atoms with Crippen molar-refractivity contribution in [2.75, 3.05) is 0 Å². The second-order valence-electron chi connectivity index (χ2n) is 6.97. The van der Waals surface area contributed by atoms with Gasteiger partial charge in [0.05, 0.1) is 12.2 Å². The molecule has 0 unspecified atom stereocenters. The van der Waals surface area contributed by atoms with Crippen molar-refractivity contribution in [1.82, 2.24) is 0 Å². The average molecular weight is 393 g/mol. The summed E-state index contributed by atoms with van der Waals surface area (Å²) in [4.78, 5) is 12.7. The van der Waals surface area contributed by atoms with Gasteiger partial charge in [0.25, 0.3) is 0 Å². The Morgan fingerprint density at radius 1 is 0.893 bits per heavy atom. The number of ketones is 1. The average Bonchev–Trinajstić information content (AvgIpc) is 2.73. The Balaban J connectivity index is 1.69. The summed E-state index contributed by atoms with van der Waals surface area (Å²) in [5.41, 5.74) is 3.04. The molecule has 2 atom stereocenters. The van der Waals surface area contributed by atoms with E-state index in [1.54, 1.807) is 0 Å². The molecule has 3 rings (SSSR count). The highest BCUT2D eigenvalue weighted by molar-refractivity contribution is 6.30. The summed E-state index contributed by atoms with van der Waals surface area (Å²) in [7, 11) is 0. The van der Waals surface area contributed by atoms with Crippen molar-refractivity contribution in [3.8, 4) is 0 Å². The lowest BCUT2D eigenvalue weighted by Crippen LogP contribution is -2.21. The van der Waals surface area contributed by atoms with Gasteiger partial charge in [0, 0.05) is 17.0 Å². The van der Waals surface area contributed by atoms with E-state index in [1.807, 2.05) is 79.7 Å². The molecular weight excluding hydrogens is 368 g/mol. The molecule has 0 amide bonds. The van der Waals surface area contributed by atoms with E-state index in [4.69, 9.17) is 16.3 Å². The second kappa shape index (κ2) is 10.2. The molecule has 0 saturated carbocycles. The molecule has 144 valence electrons. The van der Waals surface area contributed by atoms with Crippen LogP contribution in [-0.2, 0) is 11.2 Å². The van der Waals surface area contributed by atoms with Gasteiger partial charge < -0.3 is 4.74 Å². The highest BCUT2D eigenvalue weighted by atomic mass is 35.5. The highest BCUT2D eigenvalue weighted by Crippen LogP contribution is 2.24. The molecule has 28 heavy (non-hydrogen) atoms. The van der Waals surface area contributed by atoms with Crippen molar-refractivity contribution in [3.63, 3.8) is 0 Å². The Bertz CT molecular complexity index is 860. The fourth-order valence-electron chi connectivity index (χ4n) is 3.24. The van der Waals surface area contributed by atoms with E-state index < -0.39 is 0 Å². The zero-order valence-electron chi connectivity index (χ0n) is 16.1. The number of hydrogen-bond acceptors (Lipinski definition) is 2. The zero-order chi connectivity index (χ0) is 19.8. The van der Waals surface area contributed by atoms with Crippen LogP contribution >= 0.6 is 11.6 Å². The third-order valence-corrected chi connectivity index (χ3v) is 5.09. The Morgan fingerprint density at radius 2 is 1.50 bits per heavy atom. The highest BCUT2D eigenvalue weighted by Gasteiger charge is 2.19. The van der Waals surface area contributed by atoms with Gasteiger partial charge in [-0.25, -0.2) is 0 Å². The van der Waals surface area contributed by atoms with Crippen molar-refractivity contribution in [1.29, 1.82) is 0 Å². The molecule has 0 bridgehead atoms. The Kier molecular flexibility index (Phi) is 7.41. The van der Waals surface area contributed by atoms with Crippen LogP contribution in [0.25, 0.3) is 0 Å². The van der Waals surface area contributed by atoms with Crippen LogP contribution in [0.3, 0.4) is 0 Å². The minimum Gasteiger partial charge on any atom is -0.370 e. The molecule has 0 aliphatic rings. The predicted molar refractivity (Wildman–Crippen MR) is 115 cm³/mol. The summed E-state index contributed by atoms with van der Waals surface area (Å²) in [6.07, 6.45) is 1.77. The number of aryl methyl sites for hydroxylation is 1. The number of ether oxygens (including phenoxy) is 1. The molecule has 0 aliphatic heterocycles. The van der Waals surface area contributed by atoms with E-state index in [-0.39, 0.29) is 18.0 Å². The molecule has 0 N–H and O–H groups in total. The largest absolute Gasteiger partial charge is 0.370 e. The van der Waals surface area contributed by atoms with Gasteiger partial charge in [0.15, 0.2) is 5.78 Å². The van der Waals surface area contributed by atoms with E-state index in [0.29, 0.717) is 11.4 Å². The third-order valence-electron chi connectivity index (χ3n) is 4.84. The molecule has 0 spiro atoms. The van der Waals surface area contributed by atoms with Crippen LogP contribution in [0.2, 0.25) is 5.02 Å². The van der Waals surface area contributed by atoms with Crippen molar-refractivity contribution in [3.05, 3.63) is 107 Å². The predicted octanol–water partition coefficient (Wildman–Crippen LogP) is 6.69. The normalized spacial score (nSPS) is 13.1. The van der Waals surface area contributed by atoms with E-state index in [0.717, 1.165) is 24.0 Å². The monoisotopic (exact) mass is 392 g/mol. The molecule has 3 heteroatoms. The number of benzene rings is 3. The molecule has 2 nitrogen and oxygen atoms in total. The second-order valence-corrected chi connectivity index (χ2v) is 7.41. The minimum atomic E-state index is -0.154. The first-order valence-electron chi connectivity index (χ1n) is 9.65.